The van der Waals surface area contributed by atoms with E-state index < -0.39 is 34.5 Å². The van der Waals surface area contributed by atoms with Crippen LogP contribution in [0.1, 0.15) is 15.9 Å². The smallest absolute Gasteiger partial charge is 0.198 e. The van der Waals surface area contributed by atoms with Crippen molar-refractivity contribution in [3.63, 3.8) is 0 Å². The van der Waals surface area contributed by atoms with Gasteiger partial charge in [0.15, 0.2) is 11.6 Å². The lowest BCUT2D eigenvalue weighted by Crippen LogP contribution is -2.07. The zero-order valence-electron chi connectivity index (χ0n) is 10.6. The maximum Gasteiger partial charge on any atom is 0.198 e. The topological polar surface area (TPSA) is 58.9 Å². The minimum absolute atomic E-state index is 0.119. The first kappa shape index (κ1) is 13.2. The van der Waals surface area contributed by atoms with Gasteiger partial charge in [0, 0.05) is 22.7 Å². The Balaban J connectivity index is 2.17. The van der Waals surface area contributed by atoms with Crippen molar-refractivity contribution in [3.8, 4) is 0 Å². The normalized spacial score (nSPS) is 11.0. The third-order valence-corrected chi connectivity index (χ3v) is 3.20. The number of anilines is 1. The van der Waals surface area contributed by atoms with Gasteiger partial charge in [0.25, 0.3) is 0 Å². The van der Waals surface area contributed by atoms with Crippen molar-refractivity contribution in [1.29, 1.82) is 0 Å². The molecule has 0 bridgehead atoms. The molecule has 0 unspecified atom stereocenters. The van der Waals surface area contributed by atoms with E-state index in [1.165, 1.54) is 24.4 Å². The molecule has 1 heterocycles. The van der Waals surface area contributed by atoms with Gasteiger partial charge in [-0.15, -0.1) is 0 Å². The molecule has 3 nitrogen and oxygen atoms in total. The predicted molar refractivity (Wildman–Crippen MR) is 72.5 cm³/mol. The second kappa shape index (κ2) is 4.66. The number of ketones is 1. The van der Waals surface area contributed by atoms with Crippen LogP contribution in [0.25, 0.3) is 10.9 Å². The average molecular weight is 290 g/mol. The Morgan fingerprint density at radius 2 is 1.76 bits per heavy atom. The number of rotatable bonds is 2. The number of halogens is 3. The van der Waals surface area contributed by atoms with Crippen LogP contribution in [0.15, 0.2) is 36.5 Å². The molecule has 0 aliphatic rings. The predicted octanol–water partition coefficient (Wildman–Crippen LogP) is 3.40. The Hall–Kier alpha value is -2.76. The van der Waals surface area contributed by atoms with Gasteiger partial charge in [0.05, 0.1) is 11.3 Å². The number of nitrogens with two attached hydrogens (primary N) is 1. The molecule has 0 aliphatic carbocycles. The first-order valence-electron chi connectivity index (χ1n) is 6.03. The SMILES string of the molecule is Nc1cc(F)cc(C(=O)c2c[nH]c3cc(F)ccc23)c1F. The molecule has 0 spiro atoms. The van der Waals surface area contributed by atoms with E-state index in [4.69, 9.17) is 5.73 Å². The molecule has 0 saturated carbocycles. The van der Waals surface area contributed by atoms with Crippen molar-refractivity contribution in [3.05, 3.63) is 65.1 Å². The van der Waals surface area contributed by atoms with Crippen LogP contribution in [0, 0.1) is 17.5 Å². The maximum atomic E-state index is 13.9. The maximum absolute atomic E-state index is 13.9. The molecule has 3 N–H and O–H groups in total. The lowest BCUT2D eigenvalue weighted by molar-refractivity contribution is 0.103. The molecule has 0 saturated heterocycles. The van der Waals surface area contributed by atoms with Crippen molar-refractivity contribution >= 4 is 22.4 Å². The first-order valence-corrected chi connectivity index (χ1v) is 6.03. The van der Waals surface area contributed by atoms with Crippen molar-refractivity contribution < 1.29 is 18.0 Å². The van der Waals surface area contributed by atoms with Crippen LogP contribution >= 0.6 is 0 Å². The first-order chi connectivity index (χ1) is 9.97. The standard InChI is InChI=1S/C15H9F3N2O/c16-7-1-2-9-11(6-20-13(9)5-7)15(21)10-3-8(17)4-12(19)14(10)18/h1-6,20H,19H2. The van der Waals surface area contributed by atoms with E-state index in [0.29, 0.717) is 10.9 Å². The van der Waals surface area contributed by atoms with Gasteiger partial charge in [-0.2, -0.15) is 0 Å². The van der Waals surface area contributed by atoms with Crippen LogP contribution in [-0.4, -0.2) is 10.8 Å². The number of aromatic nitrogens is 1. The van der Waals surface area contributed by atoms with Gasteiger partial charge in [0.1, 0.15) is 11.6 Å². The van der Waals surface area contributed by atoms with E-state index in [2.05, 4.69) is 4.98 Å². The molecular formula is C15H9F3N2O. The van der Waals surface area contributed by atoms with Gasteiger partial charge in [-0.3, -0.25) is 4.79 Å². The third-order valence-electron chi connectivity index (χ3n) is 3.20. The summed E-state index contributed by atoms with van der Waals surface area (Å²) in [6.45, 7) is 0. The summed E-state index contributed by atoms with van der Waals surface area (Å²) in [5.41, 5.74) is 4.93. The van der Waals surface area contributed by atoms with Gasteiger partial charge in [0.2, 0.25) is 0 Å². The summed E-state index contributed by atoms with van der Waals surface area (Å²) in [7, 11) is 0. The van der Waals surface area contributed by atoms with E-state index in [1.54, 1.807) is 0 Å². The number of nitrogens with one attached hydrogen (secondary N) is 1. The monoisotopic (exact) mass is 290 g/mol. The summed E-state index contributed by atoms with van der Waals surface area (Å²) in [5, 5.41) is 0.420. The van der Waals surface area contributed by atoms with E-state index in [1.807, 2.05) is 0 Å². The highest BCUT2D eigenvalue weighted by Crippen LogP contribution is 2.25. The van der Waals surface area contributed by atoms with Gasteiger partial charge in [-0.1, -0.05) is 0 Å². The highest BCUT2D eigenvalue weighted by Gasteiger charge is 2.20. The summed E-state index contributed by atoms with van der Waals surface area (Å²) in [6.07, 6.45) is 1.33. The van der Waals surface area contributed by atoms with Crippen molar-refractivity contribution in [1.82, 2.24) is 4.98 Å². The average Bonchev–Trinajstić information content (AvgIpc) is 2.84. The van der Waals surface area contributed by atoms with Gasteiger partial charge >= 0.3 is 0 Å². The number of hydrogen-bond acceptors (Lipinski definition) is 2. The highest BCUT2D eigenvalue weighted by molar-refractivity contribution is 6.16. The molecule has 3 rings (SSSR count). The number of H-pyrrole nitrogens is 1. The Morgan fingerprint density at radius 3 is 2.52 bits per heavy atom. The molecule has 106 valence electrons. The molecule has 0 aliphatic heterocycles. The third kappa shape index (κ3) is 2.14. The Kier molecular flexibility index (Phi) is 2.94. The van der Waals surface area contributed by atoms with Gasteiger partial charge < -0.3 is 10.7 Å². The van der Waals surface area contributed by atoms with E-state index >= 15 is 0 Å². The molecule has 3 aromatic rings. The summed E-state index contributed by atoms with van der Waals surface area (Å²) in [6, 6.07) is 5.38. The summed E-state index contributed by atoms with van der Waals surface area (Å²) < 4.78 is 40.3. The van der Waals surface area contributed by atoms with Crippen molar-refractivity contribution in [2.45, 2.75) is 0 Å². The Morgan fingerprint density at radius 1 is 1.00 bits per heavy atom. The van der Waals surface area contributed by atoms with Crippen molar-refractivity contribution in [2.24, 2.45) is 0 Å². The van der Waals surface area contributed by atoms with Crippen LogP contribution < -0.4 is 5.73 Å². The van der Waals surface area contributed by atoms with E-state index in [-0.39, 0.29) is 5.56 Å². The van der Waals surface area contributed by atoms with Crippen molar-refractivity contribution in [2.75, 3.05) is 5.73 Å². The zero-order valence-corrected chi connectivity index (χ0v) is 10.6. The molecule has 0 radical (unpaired) electrons. The molecule has 2 aromatic carbocycles. The molecule has 1 aromatic heterocycles. The van der Waals surface area contributed by atoms with Crippen LogP contribution in [0.3, 0.4) is 0 Å². The quantitative estimate of drug-likeness (QED) is 0.561. The fraction of sp³-hybridized carbons (Fsp3) is 0. The lowest BCUT2D eigenvalue weighted by atomic mass is 10.0. The number of carbonyl (C=O) groups is 1. The van der Waals surface area contributed by atoms with Crippen LogP contribution in [0.5, 0.6) is 0 Å². The van der Waals surface area contributed by atoms with E-state index in [9.17, 15) is 18.0 Å². The molecule has 6 heteroatoms. The number of aromatic amines is 1. The van der Waals surface area contributed by atoms with Gasteiger partial charge in [-0.05, 0) is 30.3 Å². The van der Waals surface area contributed by atoms with Crippen LogP contribution in [-0.2, 0) is 0 Å². The lowest BCUT2D eigenvalue weighted by Gasteiger charge is -2.05. The summed E-state index contributed by atoms with van der Waals surface area (Å²) in [5.74, 6) is -2.97. The second-order valence-electron chi connectivity index (χ2n) is 4.58. The molecule has 21 heavy (non-hydrogen) atoms. The summed E-state index contributed by atoms with van der Waals surface area (Å²) >= 11 is 0. The number of fused-ring (bicyclic) bond motifs is 1. The summed E-state index contributed by atoms with van der Waals surface area (Å²) in [4.78, 5) is 15.1. The fourth-order valence-corrected chi connectivity index (χ4v) is 2.21. The Labute approximate surface area is 117 Å². The fourth-order valence-electron chi connectivity index (χ4n) is 2.21. The number of benzene rings is 2. The molecule has 0 amide bonds. The minimum atomic E-state index is -0.974. The minimum Gasteiger partial charge on any atom is -0.396 e. The van der Waals surface area contributed by atoms with Crippen LogP contribution in [0.2, 0.25) is 0 Å². The second-order valence-corrected chi connectivity index (χ2v) is 4.58. The molecule has 0 atom stereocenters. The highest BCUT2D eigenvalue weighted by atomic mass is 19.1. The number of carbonyl (C=O) groups excluding carboxylic acids is 1. The van der Waals surface area contributed by atoms with Gasteiger partial charge in [-0.25, -0.2) is 13.2 Å². The van der Waals surface area contributed by atoms with Crippen LogP contribution in [0.4, 0.5) is 18.9 Å². The van der Waals surface area contributed by atoms with E-state index in [0.717, 1.165) is 12.1 Å². The number of hydrogen-bond donors (Lipinski definition) is 2. The Bertz CT molecular complexity index is 871. The molecular weight excluding hydrogens is 281 g/mol. The largest absolute Gasteiger partial charge is 0.396 e. The zero-order chi connectivity index (χ0) is 15.1. The number of nitrogen functional groups attached to an aromatic ring is 1. The molecule has 0 fully saturated rings.